The minimum absolute atomic E-state index is 0.846. The van der Waals surface area contributed by atoms with Crippen LogP contribution in [0.3, 0.4) is 0 Å². The van der Waals surface area contributed by atoms with E-state index in [4.69, 9.17) is 4.74 Å². The monoisotopic (exact) mass is 166 g/mol. The van der Waals surface area contributed by atoms with Gasteiger partial charge in [0.15, 0.2) is 12.4 Å². The Hall–Kier alpha value is -0.890. The molecule has 1 aromatic heterocycles. The lowest BCUT2D eigenvalue weighted by molar-refractivity contribution is -0.671. The summed E-state index contributed by atoms with van der Waals surface area (Å²) in [5, 5.41) is 0. The molecule has 0 fully saturated rings. The standard InChI is InChI=1S/C10H16NO/c1-11-7-3-5-10(9-11)6-4-8-12-2/h3,5,7,9H,4,6,8H2,1-2H3/q+1. The third-order valence-electron chi connectivity index (χ3n) is 1.81. The van der Waals surface area contributed by atoms with Crippen molar-refractivity contribution in [2.45, 2.75) is 12.8 Å². The Morgan fingerprint density at radius 1 is 1.50 bits per heavy atom. The summed E-state index contributed by atoms with van der Waals surface area (Å²) in [5.41, 5.74) is 1.37. The van der Waals surface area contributed by atoms with E-state index in [2.05, 4.69) is 22.9 Å². The zero-order valence-corrected chi connectivity index (χ0v) is 7.79. The lowest BCUT2D eigenvalue weighted by Crippen LogP contribution is -2.26. The Labute approximate surface area is 73.8 Å². The normalized spacial score (nSPS) is 10.2. The highest BCUT2D eigenvalue weighted by molar-refractivity contribution is 5.05. The predicted octanol–water partition coefficient (Wildman–Crippen LogP) is 1.09. The van der Waals surface area contributed by atoms with Gasteiger partial charge in [-0.2, -0.15) is 0 Å². The molecule has 1 rings (SSSR count). The number of ether oxygens (including phenoxy) is 1. The van der Waals surface area contributed by atoms with Crippen molar-refractivity contribution in [1.29, 1.82) is 0 Å². The minimum atomic E-state index is 0.846. The lowest BCUT2D eigenvalue weighted by Gasteiger charge is -1.98. The van der Waals surface area contributed by atoms with Crippen molar-refractivity contribution in [3.05, 3.63) is 30.1 Å². The zero-order valence-electron chi connectivity index (χ0n) is 7.79. The number of hydrogen-bond acceptors (Lipinski definition) is 1. The molecule has 0 saturated heterocycles. The van der Waals surface area contributed by atoms with Gasteiger partial charge in [-0.25, -0.2) is 4.57 Å². The maximum atomic E-state index is 4.99. The van der Waals surface area contributed by atoms with Crippen molar-refractivity contribution in [2.75, 3.05) is 13.7 Å². The molecule has 0 spiro atoms. The average Bonchev–Trinajstić information content (AvgIpc) is 2.05. The zero-order chi connectivity index (χ0) is 8.81. The molecule has 0 bridgehead atoms. The fraction of sp³-hybridized carbons (Fsp3) is 0.500. The van der Waals surface area contributed by atoms with Crippen LogP contribution in [0, 0.1) is 0 Å². The van der Waals surface area contributed by atoms with Crippen LogP contribution < -0.4 is 4.57 Å². The molecular formula is C10H16NO+. The predicted molar refractivity (Wildman–Crippen MR) is 47.8 cm³/mol. The van der Waals surface area contributed by atoms with Crippen LogP contribution >= 0.6 is 0 Å². The van der Waals surface area contributed by atoms with E-state index >= 15 is 0 Å². The first-order chi connectivity index (χ1) is 5.83. The molecule has 0 amide bonds. The van der Waals surface area contributed by atoms with Gasteiger partial charge in [-0.1, -0.05) is 0 Å². The summed E-state index contributed by atoms with van der Waals surface area (Å²) < 4.78 is 7.06. The molecular weight excluding hydrogens is 150 g/mol. The summed E-state index contributed by atoms with van der Waals surface area (Å²) >= 11 is 0. The summed E-state index contributed by atoms with van der Waals surface area (Å²) in [6.07, 6.45) is 6.39. The van der Waals surface area contributed by atoms with Gasteiger partial charge in [-0.15, -0.1) is 0 Å². The Balaban J connectivity index is 2.41. The van der Waals surface area contributed by atoms with Crippen LogP contribution in [0.2, 0.25) is 0 Å². The van der Waals surface area contributed by atoms with Crippen LogP contribution in [0.25, 0.3) is 0 Å². The number of rotatable bonds is 4. The highest BCUT2D eigenvalue weighted by Crippen LogP contribution is 1.98. The molecule has 0 aromatic carbocycles. The van der Waals surface area contributed by atoms with Gasteiger partial charge >= 0.3 is 0 Å². The smallest absolute Gasteiger partial charge is 0.171 e. The van der Waals surface area contributed by atoms with Crippen LogP contribution in [0.4, 0.5) is 0 Å². The first kappa shape index (κ1) is 9.20. The SMILES string of the molecule is COCCCc1ccc[n+](C)c1. The molecule has 0 aliphatic carbocycles. The first-order valence-electron chi connectivity index (χ1n) is 4.26. The maximum Gasteiger partial charge on any atom is 0.171 e. The van der Waals surface area contributed by atoms with Crippen LogP contribution in [0.15, 0.2) is 24.5 Å². The van der Waals surface area contributed by atoms with Gasteiger partial charge in [0.2, 0.25) is 0 Å². The van der Waals surface area contributed by atoms with E-state index in [0.29, 0.717) is 0 Å². The number of methoxy groups -OCH3 is 1. The fourth-order valence-electron chi connectivity index (χ4n) is 1.22. The molecule has 12 heavy (non-hydrogen) atoms. The number of pyridine rings is 1. The summed E-state index contributed by atoms with van der Waals surface area (Å²) in [5.74, 6) is 0. The molecule has 2 nitrogen and oxygen atoms in total. The number of aromatic nitrogens is 1. The molecule has 2 heteroatoms. The van der Waals surface area contributed by atoms with Gasteiger partial charge in [-0.3, -0.25) is 0 Å². The van der Waals surface area contributed by atoms with Crippen molar-refractivity contribution in [1.82, 2.24) is 0 Å². The molecule has 0 saturated carbocycles. The van der Waals surface area contributed by atoms with Crippen LogP contribution in [0.1, 0.15) is 12.0 Å². The van der Waals surface area contributed by atoms with Crippen molar-refractivity contribution >= 4 is 0 Å². The Morgan fingerprint density at radius 3 is 3.00 bits per heavy atom. The van der Waals surface area contributed by atoms with E-state index in [-0.39, 0.29) is 0 Å². The number of aryl methyl sites for hydroxylation is 2. The third kappa shape index (κ3) is 3.01. The van der Waals surface area contributed by atoms with Gasteiger partial charge in [0.25, 0.3) is 0 Å². The molecule has 0 N–H and O–H groups in total. The quantitative estimate of drug-likeness (QED) is 0.482. The van der Waals surface area contributed by atoms with E-state index in [1.807, 2.05) is 13.2 Å². The molecule has 0 atom stereocenters. The molecule has 0 unspecified atom stereocenters. The summed E-state index contributed by atoms with van der Waals surface area (Å²) in [6.45, 7) is 0.846. The third-order valence-corrected chi connectivity index (χ3v) is 1.81. The van der Waals surface area contributed by atoms with Gasteiger partial charge in [-0.05, 0) is 18.9 Å². The second kappa shape index (κ2) is 4.88. The van der Waals surface area contributed by atoms with E-state index in [9.17, 15) is 0 Å². The van der Waals surface area contributed by atoms with E-state index in [1.165, 1.54) is 5.56 Å². The summed E-state index contributed by atoms with van der Waals surface area (Å²) in [7, 11) is 3.78. The lowest BCUT2D eigenvalue weighted by atomic mass is 10.2. The van der Waals surface area contributed by atoms with E-state index in [0.717, 1.165) is 19.4 Å². The first-order valence-corrected chi connectivity index (χ1v) is 4.26. The summed E-state index contributed by atoms with van der Waals surface area (Å²) in [4.78, 5) is 0. The average molecular weight is 166 g/mol. The molecule has 1 heterocycles. The van der Waals surface area contributed by atoms with Crippen LogP contribution in [0.5, 0.6) is 0 Å². The van der Waals surface area contributed by atoms with Gasteiger partial charge < -0.3 is 4.74 Å². The largest absolute Gasteiger partial charge is 0.385 e. The second-order valence-electron chi connectivity index (χ2n) is 2.97. The summed E-state index contributed by atoms with van der Waals surface area (Å²) in [6, 6.07) is 4.22. The molecule has 0 aliphatic heterocycles. The van der Waals surface area contributed by atoms with E-state index < -0.39 is 0 Å². The highest BCUT2D eigenvalue weighted by Gasteiger charge is 1.96. The Bertz CT molecular complexity index is 235. The molecule has 0 aliphatic rings. The number of nitrogens with zero attached hydrogens (tertiary/aromatic N) is 1. The highest BCUT2D eigenvalue weighted by atomic mass is 16.5. The number of hydrogen-bond donors (Lipinski definition) is 0. The van der Waals surface area contributed by atoms with E-state index in [1.54, 1.807) is 7.11 Å². The Kier molecular flexibility index (Phi) is 3.74. The topological polar surface area (TPSA) is 13.1 Å². The van der Waals surface area contributed by atoms with Gasteiger partial charge in [0.05, 0.1) is 0 Å². The Morgan fingerprint density at radius 2 is 2.33 bits per heavy atom. The van der Waals surface area contributed by atoms with Crippen molar-refractivity contribution < 1.29 is 9.30 Å². The maximum absolute atomic E-state index is 4.99. The van der Waals surface area contributed by atoms with Crippen molar-refractivity contribution in [3.8, 4) is 0 Å². The molecule has 66 valence electrons. The van der Waals surface area contributed by atoms with Gasteiger partial charge in [0.1, 0.15) is 7.05 Å². The van der Waals surface area contributed by atoms with Crippen molar-refractivity contribution in [2.24, 2.45) is 7.05 Å². The van der Waals surface area contributed by atoms with Crippen molar-refractivity contribution in [3.63, 3.8) is 0 Å². The van der Waals surface area contributed by atoms with Gasteiger partial charge in [0, 0.05) is 25.3 Å². The molecule has 0 radical (unpaired) electrons. The van der Waals surface area contributed by atoms with Crippen LogP contribution in [-0.2, 0) is 18.2 Å². The molecule has 1 aromatic rings. The fourth-order valence-corrected chi connectivity index (χ4v) is 1.22. The van der Waals surface area contributed by atoms with Crippen LogP contribution in [-0.4, -0.2) is 13.7 Å². The minimum Gasteiger partial charge on any atom is -0.385 e. The second-order valence-corrected chi connectivity index (χ2v) is 2.97.